The van der Waals surface area contributed by atoms with Gasteiger partial charge >= 0.3 is 11.8 Å². The topological polar surface area (TPSA) is 93.4 Å². The van der Waals surface area contributed by atoms with Gasteiger partial charge in [0.15, 0.2) is 6.10 Å². The van der Waals surface area contributed by atoms with Gasteiger partial charge in [-0.25, -0.2) is 9.59 Å². The molecule has 0 radical (unpaired) electrons. The zero-order valence-corrected chi connectivity index (χ0v) is 14.5. The van der Waals surface area contributed by atoms with Gasteiger partial charge in [-0.1, -0.05) is 0 Å². The van der Waals surface area contributed by atoms with E-state index in [1.807, 2.05) is 13.8 Å². The largest absolute Gasteiger partial charge is 0.509 e. The summed E-state index contributed by atoms with van der Waals surface area (Å²) in [6.07, 6.45) is -3.63. The maximum absolute atomic E-state index is 11.6. The van der Waals surface area contributed by atoms with Gasteiger partial charge in [-0.15, -0.1) is 0 Å². The fourth-order valence-corrected chi connectivity index (χ4v) is 3.42. The molecule has 26 heavy (non-hydrogen) atoms. The van der Waals surface area contributed by atoms with E-state index < -0.39 is 42.0 Å². The Morgan fingerprint density at radius 1 is 1.04 bits per heavy atom. The monoisotopic (exact) mass is 362 g/mol. The van der Waals surface area contributed by atoms with Crippen LogP contribution < -0.4 is 10.4 Å². The molecule has 0 saturated carbocycles. The molecule has 2 aliphatic rings. The molecule has 0 bridgehead atoms. The summed E-state index contributed by atoms with van der Waals surface area (Å²) < 4.78 is 33.0. The SMILES string of the molecule is CO[C@@H]1[C@H]2OC(=O)O[C@H]2[C@H](Oc2ccc3ccc(=O)oc3c2)OC1(C)C. The lowest BCUT2D eigenvalue weighted by Gasteiger charge is -2.45. The van der Waals surface area contributed by atoms with Gasteiger partial charge < -0.3 is 28.1 Å². The minimum absolute atomic E-state index is 0.385. The molecule has 4 atom stereocenters. The number of ether oxygens (including phenoxy) is 5. The molecule has 0 amide bonds. The second-order valence-electron chi connectivity index (χ2n) is 6.73. The van der Waals surface area contributed by atoms with Crippen LogP contribution in [0.15, 0.2) is 39.5 Å². The minimum atomic E-state index is -0.902. The zero-order valence-electron chi connectivity index (χ0n) is 14.5. The predicted molar refractivity (Wildman–Crippen MR) is 88.0 cm³/mol. The number of fused-ring (bicyclic) bond motifs is 2. The summed E-state index contributed by atoms with van der Waals surface area (Å²) in [4.78, 5) is 23.0. The molecule has 8 nitrogen and oxygen atoms in total. The summed E-state index contributed by atoms with van der Waals surface area (Å²) in [5.74, 6) is 0.408. The van der Waals surface area contributed by atoms with Crippen LogP contribution in [0.5, 0.6) is 5.75 Å². The lowest BCUT2D eigenvalue weighted by Crippen LogP contribution is -2.62. The number of hydrogen-bond acceptors (Lipinski definition) is 8. The van der Waals surface area contributed by atoms with Gasteiger partial charge in [-0.05, 0) is 32.0 Å². The van der Waals surface area contributed by atoms with Crippen molar-refractivity contribution in [2.75, 3.05) is 7.11 Å². The van der Waals surface area contributed by atoms with Crippen molar-refractivity contribution in [2.24, 2.45) is 0 Å². The Balaban J connectivity index is 1.64. The first-order valence-electron chi connectivity index (χ1n) is 8.16. The van der Waals surface area contributed by atoms with Gasteiger partial charge in [0, 0.05) is 24.6 Å². The fourth-order valence-electron chi connectivity index (χ4n) is 3.42. The Labute approximate surface area is 148 Å². The van der Waals surface area contributed by atoms with E-state index in [-0.39, 0.29) is 0 Å². The quantitative estimate of drug-likeness (QED) is 0.606. The summed E-state index contributed by atoms with van der Waals surface area (Å²) in [5, 5.41) is 0.759. The molecule has 1 aromatic heterocycles. The number of rotatable bonds is 3. The lowest BCUT2D eigenvalue weighted by atomic mass is 9.89. The van der Waals surface area contributed by atoms with E-state index in [9.17, 15) is 9.59 Å². The van der Waals surface area contributed by atoms with Crippen LogP contribution >= 0.6 is 0 Å². The number of methoxy groups -OCH3 is 1. The molecule has 0 spiro atoms. The average Bonchev–Trinajstić information content (AvgIpc) is 2.95. The van der Waals surface area contributed by atoms with Crippen molar-refractivity contribution < 1.29 is 32.9 Å². The van der Waals surface area contributed by atoms with E-state index in [2.05, 4.69) is 0 Å². The van der Waals surface area contributed by atoms with Crippen molar-refractivity contribution in [3.63, 3.8) is 0 Å². The first-order valence-corrected chi connectivity index (χ1v) is 8.16. The number of hydrogen-bond donors (Lipinski definition) is 0. The number of benzene rings is 1. The summed E-state index contributed by atoms with van der Waals surface area (Å²) >= 11 is 0. The first kappa shape index (κ1) is 16.9. The van der Waals surface area contributed by atoms with E-state index in [1.54, 1.807) is 24.3 Å². The smallest absolute Gasteiger partial charge is 0.461 e. The Kier molecular flexibility index (Phi) is 3.89. The van der Waals surface area contributed by atoms with Crippen molar-refractivity contribution in [1.29, 1.82) is 0 Å². The molecule has 1 aromatic carbocycles. The van der Waals surface area contributed by atoms with Gasteiger partial charge in [-0.3, -0.25) is 0 Å². The molecule has 2 saturated heterocycles. The summed E-state index contributed by atoms with van der Waals surface area (Å²) in [5.41, 5.74) is -0.847. The summed E-state index contributed by atoms with van der Waals surface area (Å²) in [6, 6.07) is 8.07. The third-order valence-corrected chi connectivity index (χ3v) is 4.56. The molecule has 0 N–H and O–H groups in total. The van der Waals surface area contributed by atoms with Crippen LogP contribution in [0.2, 0.25) is 0 Å². The normalized spacial score (nSPS) is 29.7. The van der Waals surface area contributed by atoms with E-state index in [0.717, 1.165) is 5.39 Å². The molecule has 2 aromatic rings. The zero-order chi connectivity index (χ0) is 18.5. The Bertz CT molecular complexity index is 901. The molecular formula is C18H18O8. The number of carbonyl (C=O) groups is 1. The van der Waals surface area contributed by atoms with Crippen molar-refractivity contribution >= 4 is 17.1 Å². The molecule has 8 heteroatoms. The first-order chi connectivity index (χ1) is 12.4. The van der Waals surface area contributed by atoms with Crippen LogP contribution in [0.4, 0.5) is 4.79 Å². The maximum atomic E-state index is 11.6. The van der Waals surface area contributed by atoms with Crippen LogP contribution in [0.3, 0.4) is 0 Å². The van der Waals surface area contributed by atoms with E-state index in [0.29, 0.717) is 11.3 Å². The highest BCUT2D eigenvalue weighted by atomic mass is 16.8. The van der Waals surface area contributed by atoms with Crippen molar-refractivity contribution in [1.82, 2.24) is 0 Å². The molecule has 0 aliphatic carbocycles. The van der Waals surface area contributed by atoms with Crippen molar-refractivity contribution in [2.45, 2.75) is 44.1 Å². The predicted octanol–water partition coefficient (Wildman–Crippen LogP) is 2.23. The molecule has 0 unspecified atom stereocenters. The maximum Gasteiger partial charge on any atom is 0.509 e. The molecule has 4 rings (SSSR count). The highest BCUT2D eigenvalue weighted by molar-refractivity contribution is 5.77. The van der Waals surface area contributed by atoms with Gasteiger partial charge in [0.25, 0.3) is 0 Å². The Hall–Kier alpha value is -2.58. The van der Waals surface area contributed by atoms with Crippen LogP contribution in [-0.4, -0.2) is 43.5 Å². The lowest BCUT2D eigenvalue weighted by molar-refractivity contribution is -0.282. The van der Waals surface area contributed by atoms with E-state index >= 15 is 0 Å². The van der Waals surface area contributed by atoms with Gasteiger partial charge in [0.2, 0.25) is 12.4 Å². The summed E-state index contributed by atoms with van der Waals surface area (Å²) in [6.45, 7) is 3.64. The van der Waals surface area contributed by atoms with Gasteiger partial charge in [0.05, 0.1) is 5.60 Å². The Morgan fingerprint density at radius 3 is 2.54 bits per heavy atom. The highest BCUT2D eigenvalue weighted by Gasteiger charge is 2.58. The minimum Gasteiger partial charge on any atom is -0.461 e. The van der Waals surface area contributed by atoms with Crippen LogP contribution in [-0.2, 0) is 18.9 Å². The standard InChI is InChI=1S/C18H18O8/c1-18(2)15(21-3)13-14(25-17(20)24-13)16(26-18)22-10-6-4-9-5-7-12(19)23-11(9)8-10/h4-8,13-16H,1-3H3/t13-,14+,15+,16+/m0/s1. The molecule has 2 fully saturated rings. The molecule has 3 heterocycles. The van der Waals surface area contributed by atoms with E-state index in [4.69, 9.17) is 28.1 Å². The number of carbonyl (C=O) groups excluding carboxylic acids is 1. The second-order valence-corrected chi connectivity index (χ2v) is 6.73. The molecule has 2 aliphatic heterocycles. The van der Waals surface area contributed by atoms with Crippen molar-refractivity contribution in [3.05, 3.63) is 40.8 Å². The molecule has 138 valence electrons. The van der Waals surface area contributed by atoms with Crippen LogP contribution in [0.25, 0.3) is 11.0 Å². The van der Waals surface area contributed by atoms with Gasteiger partial charge in [-0.2, -0.15) is 0 Å². The van der Waals surface area contributed by atoms with Crippen LogP contribution in [0.1, 0.15) is 13.8 Å². The Morgan fingerprint density at radius 2 is 1.77 bits per heavy atom. The average molecular weight is 362 g/mol. The highest BCUT2D eigenvalue weighted by Crippen LogP contribution is 2.38. The fraction of sp³-hybridized carbons (Fsp3) is 0.444. The second kappa shape index (κ2) is 6.00. The van der Waals surface area contributed by atoms with E-state index in [1.165, 1.54) is 13.2 Å². The third-order valence-electron chi connectivity index (χ3n) is 4.56. The van der Waals surface area contributed by atoms with Gasteiger partial charge in [0.1, 0.15) is 17.4 Å². The molecular weight excluding hydrogens is 344 g/mol. The third kappa shape index (κ3) is 2.81. The van der Waals surface area contributed by atoms with Crippen LogP contribution in [0, 0.1) is 0 Å². The van der Waals surface area contributed by atoms with Crippen molar-refractivity contribution in [3.8, 4) is 5.75 Å². The summed E-state index contributed by atoms with van der Waals surface area (Å²) in [7, 11) is 1.52.